The van der Waals surface area contributed by atoms with E-state index in [4.69, 9.17) is 9.57 Å². The fourth-order valence-electron chi connectivity index (χ4n) is 5.11. The van der Waals surface area contributed by atoms with E-state index in [1.54, 1.807) is 6.07 Å². The molecule has 0 spiro atoms. The number of rotatable bonds is 8. The summed E-state index contributed by atoms with van der Waals surface area (Å²) in [6, 6.07) is 7.42. The van der Waals surface area contributed by atoms with Crippen molar-refractivity contribution in [2.45, 2.75) is 18.6 Å². The molecule has 1 aromatic heterocycles. The zero-order chi connectivity index (χ0) is 30.7. The predicted molar refractivity (Wildman–Crippen MR) is 154 cm³/mol. The number of hydrogen-bond donors (Lipinski definition) is 2. The highest BCUT2D eigenvalue weighted by molar-refractivity contribution is 6.02. The Morgan fingerprint density at radius 1 is 1.14 bits per heavy atom. The van der Waals surface area contributed by atoms with Gasteiger partial charge >= 0.3 is 6.18 Å². The summed E-state index contributed by atoms with van der Waals surface area (Å²) in [6.07, 6.45) is -2.15. The molecular weight excluding hydrogens is 570 g/mol. The molecule has 2 aliphatic heterocycles. The lowest BCUT2D eigenvalue weighted by Crippen LogP contribution is -2.44. The summed E-state index contributed by atoms with van der Waals surface area (Å²) in [5, 5.41) is 7.32. The van der Waals surface area contributed by atoms with Crippen molar-refractivity contribution in [3.05, 3.63) is 72.3 Å². The van der Waals surface area contributed by atoms with Crippen LogP contribution in [0.15, 0.2) is 55.4 Å². The molecule has 2 N–H and O–H groups in total. The molecule has 2 aromatic carbocycles. The van der Waals surface area contributed by atoms with E-state index in [2.05, 4.69) is 37.0 Å². The summed E-state index contributed by atoms with van der Waals surface area (Å²) in [5.74, 6) is -0.732. The highest BCUT2D eigenvalue weighted by Crippen LogP contribution is 2.41. The predicted octanol–water partition coefficient (Wildman–Crippen LogP) is 5.15. The van der Waals surface area contributed by atoms with Crippen molar-refractivity contribution < 1.29 is 31.9 Å². The molecule has 1 amide bonds. The number of ether oxygens (including phenoxy) is 1. The van der Waals surface area contributed by atoms with E-state index in [0.717, 1.165) is 31.9 Å². The molecule has 1 unspecified atom stereocenters. The van der Waals surface area contributed by atoms with Crippen LogP contribution in [-0.2, 0) is 15.8 Å². The van der Waals surface area contributed by atoms with E-state index < -0.39 is 23.6 Å². The third-order valence-corrected chi connectivity index (χ3v) is 7.34. The van der Waals surface area contributed by atoms with Crippen LogP contribution < -0.4 is 25.3 Å². The number of nitrogens with one attached hydrogen (secondary N) is 2. The molecular formula is C29H31F4N7O3. The molecule has 2 aliphatic rings. The Morgan fingerprint density at radius 2 is 1.91 bits per heavy atom. The molecule has 2 fully saturated rings. The summed E-state index contributed by atoms with van der Waals surface area (Å²) in [4.78, 5) is 30.8. The number of alkyl halides is 3. The Bertz CT molecular complexity index is 1500. The lowest BCUT2D eigenvalue weighted by atomic mass is 10.0. The molecule has 0 aliphatic carbocycles. The van der Waals surface area contributed by atoms with Gasteiger partial charge in [0, 0.05) is 50.3 Å². The molecule has 0 bridgehead atoms. The van der Waals surface area contributed by atoms with Crippen LogP contribution in [-0.4, -0.2) is 67.7 Å². The molecule has 43 heavy (non-hydrogen) atoms. The SMILES string of the molecule is C=CC(=O)Nc1cc(Nc2cc(N3OCCC3c3cccc(C(F)(F)F)c3F)ncn2)c(OC)cc1N1CCN(C)CC1. The molecule has 228 valence electrons. The van der Waals surface area contributed by atoms with E-state index in [9.17, 15) is 22.4 Å². The van der Waals surface area contributed by atoms with Gasteiger partial charge in [-0.1, -0.05) is 18.7 Å². The second-order valence-corrected chi connectivity index (χ2v) is 10.1. The molecule has 3 heterocycles. The van der Waals surface area contributed by atoms with Crippen LogP contribution in [0.3, 0.4) is 0 Å². The third-order valence-electron chi connectivity index (χ3n) is 7.34. The Kier molecular flexibility index (Phi) is 8.69. The van der Waals surface area contributed by atoms with Crippen molar-refractivity contribution in [3.8, 4) is 5.75 Å². The first-order valence-electron chi connectivity index (χ1n) is 13.5. The largest absolute Gasteiger partial charge is 0.494 e. The number of methoxy groups -OCH3 is 1. The van der Waals surface area contributed by atoms with Gasteiger partial charge in [0.25, 0.3) is 0 Å². The van der Waals surface area contributed by atoms with Gasteiger partial charge in [0.2, 0.25) is 5.91 Å². The third kappa shape index (κ3) is 6.49. The second kappa shape index (κ2) is 12.4. The lowest BCUT2D eigenvalue weighted by Gasteiger charge is -2.35. The quantitative estimate of drug-likeness (QED) is 0.269. The Hall–Kier alpha value is -4.43. The van der Waals surface area contributed by atoms with Crippen LogP contribution in [0.2, 0.25) is 0 Å². The number of anilines is 5. The van der Waals surface area contributed by atoms with Crippen LogP contribution in [0.25, 0.3) is 0 Å². The van der Waals surface area contributed by atoms with Crippen LogP contribution in [0.5, 0.6) is 5.75 Å². The average Bonchev–Trinajstić information content (AvgIpc) is 3.47. The first-order chi connectivity index (χ1) is 20.6. The Morgan fingerprint density at radius 3 is 2.60 bits per heavy atom. The van der Waals surface area contributed by atoms with Crippen molar-refractivity contribution in [2.75, 3.05) is 67.5 Å². The average molecular weight is 602 g/mol. The first-order valence-corrected chi connectivity index (χ1v) is 13.5. The van der Waals surface area contributed by atoms with E-state index in [1.165, 1.54) is 42.8 Å². The zero-order valence-electron chi connectivity index (χ0n) is 23.6. The minimum atomic E-state index is -4.83. The monoisotopic (exact) mass is 601 g/mol. The van der Waals surface area contributed by atoms with Crippen LogP contribution >= 0.6 is 0 Å². The smallest absolute Gasteiger partial charge is 0.419 e. The maximum absolute atomic E-state index is 15.0. The van der Waals surface area contributed by atoms with Crippen molar-refractivity contribution >= 4 is 34.6 Å². The van der Waals surface area contributed by atoms with E-state index in [-0.39, 0.29) is 30.3 Å². The molecule has 10 nitrogen and oxygen atoms in total. The van der Waals surface area contributed by atoms with Gasteiger partial charge in [-0.15, -0.1) is 0 Å². The Balaban J connectivity index is 1.45. The standard InChI is InChI=1S/C29H31F4N7O3/c1-4-27(41)37-20-14-21(24(42-3)15-23(20)39-11-9-38(2)10-12-39)36-25-16-26(35-17-34-25)40-22(8-13-43-40)18-6-5-7-19(28(18)30)29(31,32)33/h4-7,14-17,22H,1,8-13H2,2-3H3,(H,37,41)(H,34,35,36). The zero-order valence-corrected chi connectivity index (χ0v) is 23.6. The van der Waals surface area contributed by atoms with Gasteiger partial charge in [-0.05, 0) is 25.3 Å². The van der Waals surface area contributed by atoms with Crippen molar-refractivity contribution in [2.24, 2.45) is 0 Å². The molecule has 14 heteroatoms. The molecule has 0 saturated carbocycles. The Labute approximate surface area is 245 Å². The van der Waals surface area contributed by atoms with Crippen LogP contribution in [0, 0.1) is 5.82 Å². The van der Waals surface area contributed by atoms with Gasteiger partial charge in [0.05, 0.1) is 42.4 Å². The number of halogens is 4. The van der Waals surface area contributed by atoms with Gasteiger partial charge in [-0.25, -0.2) is 19.4 Å². The molecule has 2 saturated heterocycles. The topological polar surface area (TPSA) is 95.1 Å². The highest BCUT2D eigenvalue weighted by Gasteiger charge is 2.38. The molecule has 0 radical (unpaired) electrons. The van der Waals surface area contributed by atoms with Gasteiger partial charge in [-0.3, -0.25) is 9.63 Å². The highest BCUT2D eigenvalue weighted by atomic mass is 19.4. The number of amides is 1. The first kappa shape index (κ1) is 30.0. The number of piperazine rings is 1. The summed E-state index contributed by atoms with van der Waals surface area (Å²) >= 11 is 0. The fraction of sp³-hybridized carbons (Fsp3) is 0.345. The van der Waals surface area contributed by atoms with Crippen molar-refractivity contribution in [1.29, 1.82) is 0 Å². The number of nitrogens with zero attached hydrogens (tertiary/aromatic N) is 5. The van der Waals surface area contributed by atoms with E-state index >= 15 is 0 Å². The summed E-state index contributed by atoms with van der Waals surface area (Å²) in [7, 11) is 3.57. The minimum absolute atomic E-state index is 0.149. The second-order valence-electron chi connectivity index (χ2n) is 10.1. The van der Waals surface area contributed by atoms with Crippen molar-refractivity contribution in [3.63, 3.8) is 0 Å². The maximum Gasteiger partial charge on any atom is 0.419 e. The molecule has 3 aromatic rings. The van der Waals surface area contributed by atoms with E-state index in [0.29, 0.717) is 29.0 Å². The normalized spacial score (nSPS) is 17.6. The molecule has 5 rings (SSSR count). The molecule has 1 atom stereocenters. The summed E-state index contributed by atoms with van der Waals surface area (Å²) < 4.78 is 60.8. The van der Waals surface area contributed by atoms with Crippen LogP contribution in [0.1, 0.15) is 23.6 Å². The number of likely N-dealkylation sites (N-methyl/N-ethyl adjacent to an activating group) is 1. The van der Waals surface area contributed by atoms with Gasteiger partial charge in [-0.2, -0.15) is 13.2 Å². The van der Waals surface area contributed by atoms with Gasteiger partial charge < -0.3 is 25.2 Å². The van der Waals surface area contributed by atoms with E-state index in [1.807, 2.05) is 13.1 Å². The lowest BCUT2D eigenvalue weighted by molar-refractivity contribution is -0.140. The number of hydrogen-bond acceptors (Lipinski definition) is 9. The van der Waals surface area contributed by atoms with Crippen LogP contribution in [0.4, 0.5) is 46.3 Å². The number of hydroxylamine groups is 1. The van der Waals surface area contributed by atoms with Crippen molar-refractivity contribution in [1.82, 2.24) is 14.9 Å². The number of benzene rings is 2. The number of carbonyl (C=O) groups excluding carboxylic acids is 1. The maximum atomic E-state index is 15.0. The summed E-state index contributed by atoms with van der Waals surface area (Å²) in [5.41, 5.74) is 0.310. The summed E-state index contributed by atoms with van der Waals surface area (Å²) in [6.45, 7) is 6.91. The van der Waals surface area contributed by atoms with Gasteiger partial charge in [0.1, 0.15) is 23.7 Å². The number of aromatic nitrogens is 2. The van der Waals surface area contributed by atoms with Gasteiger partial charge in [0.15, 0.2) is 5.82 Å². The minimum Gasteiger partial charge on any atom is -0.494 e. The number of carbonyl (C=O) groups is 1. The fourth-order valence-corrected chi connectivity index (χ4v) is 5.11.